The molecule has 0 saturated heterocycles. The smallest absolute Gasteiger partial charge is 0.127 e. The summed E-state index contributed by atoms with van der Waals surface area (Å²) in [6, 6.07) is 2.08. The van der Waals surface area contributed by atoms with Gasteiger partial charge in [0.15, 0.2) is 0 Å². The number of amidine groups is 1. The standard InChI is InChI=1S/C11H13FN2S.ClH/c1-6-3-7(2)15-11(6)8-4-10(13)14-5-9(8)12;/h3,5,8H,4H2,1-2H3,(H2,13,14);1H. The minimum atomic E-state index is -0.221. The topological polar surface area (TPSA) is 38.4 Å². The van der Waals surface area contributed by atoms with Crippen LogP contribution >= 0.6 is 23.7 Å². The van der Waals surface area contributed by atoms with Gasteiger partial charge in [-0.1, -0.05) is 0 Å². The van der Waals surface area contributed by atoms with E-state index in [2.05, 4.69) is 11.1 Å². The van der Waals surface area contributed by atoms with Crippen LogP contribution in [-0.2, 0) is 0 Å². The molecule has 1 aromatic heterocycles. The van der Waals surface area contributed by atoms with Crippen LogP contribution in [0.15, 0.2) is 23.1 Å². The summed E-state index contributed by atoms with van der Waals surface area (Å²) in [6.07, 6.45) is 1.72. The number of thiophene rings is 1. The van der Waals surface area contributed by atoms with E-state index < -0.39 is 0 Å². The summed E-state index contributed by atoms with van der Waals surface area (Å²) in [6.45, 7) is 4.04. The van der Waals surface area contributed by atoms with Gasteiger partial charge in [-0.3, -0.25) is 0 Å². The van der Waals surface area contributed by atoms with Crippen molar-refractivity contribution < 1.29 is 4.39 Å². The normalized spacial score (nSPS) is 19.8. The first-order valence-corrected chi connectivity index (χ1v) is 5.64. The monoisotopic (exact) mass is 260 g/mol. The van der Waals surface area contributed by atoms with Crippen LogP contribution in [0.4, 0.5) is 4.39 Å². The summed E-state index contributed by atoms with van der Waals surface area (Å²) < 4.78 is 13.6. The van der Waals surface area contributed by atoms with Crippen molar-refractivity contribution in [2.24, 2.45) is 10.7 Å². The van der Waals surface area contributed by atoms with Gasteiger partial charge in [0.2, 0.25) is 0 Å². The molecule has 1 aliphatic rings. The fraction of sp³-hybridized carbons (Fsp3) is 0.364. The second-order valence-electron chi connectivity index (χ2n) is 3.80. The van der Waals surface area contributed by atoms with Crippen LogP contribution in [0, 0.1) is 13.8 Å². The molecule has 2 heterocycles. The van der Waals surface area contributed by atoms with Crippen LogP contribution in [-0.4, -0.2) is 5.84 Å². The zero-order valence-electron chi connectivity index (χ0n) is 9.16. The predicted octanol–water partition coefficient (Wildman–Crippen LogP) is 3.44. The Balaban J connectivity index is 0.00000128. The molecule has 0 radical (unpaired) electrons. The molecule has 2 rings (SSSR count). The van der Waals surface area contributed by atoms with E-state index >= 15 is 0 Å². The number of nitrogens with two attached hydrogens (primary N) is 1. The molecule has 5 heteroatoms. The lowest BCUT2D eigenvalue weighted by molar-refractivity contribution is 0.545. The van der Waals surface area contributed by atoms with Crippen molar-refractivity contribution in [3.63, 3.8) is 0 Å². The van der Waals surface area contributed by atoms with Gasteiger partial charge in [-0.2, -0.15) is 0 Å². The highest BCUT2D eigenvalue weighted by Gasteiger charge is 2.24. The highest BCUT2D eigenvalue weighted by Crippen LogP contribution is 2.37. The lowest BCUT2D eigenvalue weighted by Gasteiger charge is -2.17. The first kappa shape index (κ1) is 13.2. The number of aryl methyl sites for hydroxylation is 2. The summed E-state index contributed by atoms with van der Waals surface area (Å²) in [5, 5.41) is 0. The zero-order chi connectivity index (χ0) is 11.0. The van der Waals surface area contributed by atoms with Crippen molar-refractivity contribution in [3.8, 4) is 0 Å². The highest BCUT2D eigenvalue weighted by molar-refractivity contribution is 7.12. The van der Waals surface area contributed by atoms with Gasteiger partial charge in [0.25, 0.3) is 0 Å². The molecular formula is C11H14ClFN2S. The Morgan fingerprint density at radius 2 is 2.19 bits per heavy atom. The van der Waals surface area contributed by atoms with Crippen molar-refractivity contribution >= 4 is 29.6 Å². The molecule has 0 amide bonds. The summed E-state index contributed by atoms with van der Waals surface area (Å²) in [7, 11) is 0. The van der Waals surface area contributed by atoms with Crippen LogP contribution < -0.4 is 5.73 Å². The lowest BCUT2D eigenvalue weighted by atomic mass is 9.97. The number of nitrogens with zero attached hydrogens (tertiary/aromatic N) is 1. The van der Waals surface area contributed by atoms with E-state index in [-0.39, 0.29) is 24.2 Å². The molecule has 88 valence electrons. The molecule has 0 aromatic carbocycles. The number of hydrogen-bond donors (Lipinski definition) is 1. The summed E-state index contributed by atoms with van der Waals surface area (Å²) in [5.41, 5.74) is 6.76. The van der Waals surface area contributed by atoms with Crippen LogP contribution in [0.25, 0.3) is 0 Å². The zero-order valence-corrected chi connectivity index (χ0v) is 10.8. The van der Waals surface area contributed by atoms with E-state index in [4.69, 9.17) is 5.73 Å². The fourth-order valence-corrected chi connectivity index (χ4v) is 2.96. The average molecular weight is 261 g/mol. The van der Waals surface area contributed by atoms with E-state index in [0.29, 0.717) is 12.3 Å². The van der Waals surface area contributed by atoms with Gasteiger partial charge >= 0.3 is 0 Å². The number of hydrogen-bond acceptors (Lipinski definition) is 3. The van der Waals surface area contributed by atoms with Gasteiger partial charge in [-0.25, -0.2) is 9.38 Å². The second kappa shape index (κ2) is 4.97. The van der Waals surface area contributed by atoms with Gasteiger partial charge in [0, 0.05) is 16.2 Å². The van der Waals surface area contributed by atoms with Crippen LogP contribution in [0.3, 0.4) is 0 Å². The Morgan fingerprint density at radius 1 is 1.50 bits per heavy atom. The van der Waals surface area contributed by atoms with Gasteiger partial charge in [-0.05, 0) is 25.5 Å². The van der Waals surface area contributed by atoms with Crippen molar-refractivity contribution in [2.75, 3.05) is 0 Å². The fourth-order valence-electron chi connectivity index (χ4n) is 1.82. The minimum absolute atomic E-state index is 0. The van der Waals surface area contributed by atoms with E-state index in [1.165, 1.54) is 11.1 Å². The van der Waals surface area contributed by atoms with E-state index in [1.807, 2.05) is 13.8 Å². The maximum absolute atomic E-state index is 13.6. The molecule has 1 atom stereocenters. The second-order valence-corrected chi connectivity index (χ2v) is 5.08. The van der Waals surface area contributed by atoms with Crippen LogP contribution in [0.1, 0.15) is 27.7 Å². The summed E-state index contributed by atoms with van der Waals surface area (Å²) in [4.78, 5) is 6.06. The Bertz CT molecular complexity index is 451. The summed E-state index contributed by atoms with van der Waals surface area (Å²) >= 11 is 1.64. The number of aliphatic imine (C=N–C) groups is 1. The third-order valence-corrected chi connectivity index (χ3v) is 3.76. The number of rotatable bonds is 1. The largest absolute Gasteiger partial charge is 0.387 e. The van der Waals surface area contributed by atoms with Crippen molar-refractivity contribution in [3.05, 3.63) is 33.4 Å². The molecule has 2 N–H and O–H groups in total. The summed E-state index contributed by atoms with van der Waals surface area (Å²) in [5.74, 6) is 0.0993. The molecule has 16 heavy (non-hydrogen) atoms. The first-order valence-electron chi connectivity index (χ1n) is 4.82. The molecule has 1 unspecified atom stereocenters. The van der Waals surface area contributed by atoms with Crippen LogP contribution in [0.2, 0.25) is 0 Å². The molecule has 2 nitrogen and oxygen atoms in total. The third kappa shape index (κ3) is 2.44. The molecule has 0 saturated carbocycles. The van der Waals surface area contributed by atoms with Crippen molar-refractivity contribution in [2.45, 2.75) is 26.2 Å². The molecule has 0 spiro atoms. The first-order chi connectivity index (χ1) is 7.08. The van der Waals surface area contributed by atoms with Gasteiger partial charge < -0.3 is 5.73 Å². The van der Waals surface area contributed by atoms with E-state index in [0.717, 1.165) is 10.4 Å². The molecule has 0 bridgehead atoms. The van der Waals surface area contributed by atoms with Gasteiger partial charge in [-0.15, -0.1) is 23.7 Å². The molecule has 0 fully saturated rings. The van der Waals surface area contributed by atoms with E-state index in [1.54, 1.807) is 11.3 Å². The Hall–Kier alpha value is -0.870. The van der Waals surface area contributed by atoms with Gasteiger partial charge in [0.1, 0.15) is 11.7 Å². The SMILES string of the molecule is Cc1cc(C)c(C2CC(N)=NC=C2F)s1.Cl. The highest BCUT2D eigenvalue weighted by atomic mass is 35.5. The van der Waals surface area contributed by atoms with Gasteiger partial charge in [0.05, 0.1) is 12.1 Å². The Labute approximate surface area is 104 Å². The molecule has 1 aromatic rings. The molecule has 0 aliphatic carbocycles. The Kier molecular flexibility index (Phi) is 4.10. The maximum Gasteiger partial charge on any atom is 0.127 e. The number of halogens is 2. The molecular weight excluding hydrogens is 247 g/mol. The average Bonchev–Trinajstić information content (AvgIpc) is 2.50. The third-order valence-electron chi connectivity index (χ3n) is 2.50. The number of allylic oxidation sites excluding steroid dienone is 1. The lowest BCUT2D eigenvalue weighted by Crippen LogP contribution is -2.18. The molecule has 1 aliphatic heterocycles. The van der Waals surface area contributed by atoms with Crippen molar-refractivity contribution in [1.29, 1.82) is 0 Å². The minimum Gasteiger partial charge on any atom is -0.387 e. The van der Waals surface area contributed by atoms with E-state index in [9.17, 15) is 4.39 Å². The predicted molar refractivity (Wildman–Crippen MR) is 69.2 cm³/mol. The van der Waals surface area contributed by atoms with Crippen molar-refractivity contribution in [1.82, 2.24) is 0 Å². The quantitative estimate of drug-likeness (QED) is 0.825. The Morgan fingerprint density at radius 3 is 2.75 bits per heavy atom. The maximum atomic E-state index is 13.6. The van der Waals surface area contributed by atoms with Crippen LogP contribution in [0.5, 0.6) is 0 Å².